The van der Waals surface area contributed by atoms with Crippen molar-refractivity contribution in [3.8, 4) is 0 Å². The Hall–Kier alpha value is -0.310. The van der Waals surface area contributed by atoms with Gasteiger partial charge in [-0.05, 0) is 37.2 Å². The van der Waals surface area contributed by atoms with Gasteiger partial charge in [0.25, 0.3) is 0 Å². The first kappa shape index (κ1) is 10.2. The molecule has 0 aliphatic heterocycles. The number of rotatable bonds is 4. The van der Waals surface area contributed by atoms with Crippen LogP contribution in [0, 0.1) is 5.41 Å². The fourth-order valence-corrected chi connectivity index (χ4v) is 2.59. The molecule has 0 N–H and O–H groups in total. The highest BCUT2D eigenvalue weighted by Gasteiger charge is 2.41. The van der Waals surface area contributed by atoms with Gasteiger partial charge in [0.1, 0.15) is 0 Å². The summed E-state index contributed by atoms with van der Waals surface area (Å²) >= 11 is 3.61. The van der Waals surface area contributed by atoms with Crippen LogP contribution in [0.3, 0.4) is 0 Å². The van der Waals surface area contributed by atoms with E-state index in [9.17, 15) is 0 Å². The molecule has 1 aromatic heterocycles. The first-order valence-corrected chi connectivity index (χ1v) is 6.39. The zero-order chi connectivity index (χ0) is 10.2. The molecule has 3 heteroatoms. The topological polar surface area (TPSA) is 17.8 Å². The van der Waals surface area contributed by atoms with Crippen molar-refractivity contribution in [2.75, 3.05) is 5.33 Å². The van der Waals surface area contributed by atoms with Crippen molar-refractivity contribution in [1.82, 2.24) is 9.78 Å². The quantitative estimate of drug-likeness (QED) is 0.758. The van der Waals surface area contributed by atoms with Crippen LogP contribution in [0.15, 0.2) is 6.07 Å². The Morgan fingerprint density at radius 2 is 2.29 bits per heavy atom. The van der Waals surface area contributed by atoms with Gasteiger partial charge in [-0.25, -0.2) is 0 Å². The van der Waals surface area contributed by atoms with Gasteiger partial charge in [0.05, 0.1) is 5.69 Å². The standard InChI is InChI=1S/C11H17BrN2/c1-3-9-6-10(14(2)13-9)7-11(8-12)4-5-11/h6H,3-5,7-8H2,1-2H3. The van der Waals surface area contributed by atoms with E-state index in [-0.39, 0.29) is 0 Å². The molecule has 14 heavy (non-hydrogen) atoms. The van der Waals surface area contributed by atoms with E-state index in [2.05, 4.69) is 41.1 Å². The van der Waals surface area contributed by atoms with Crippen LogP contribution in [-0.4, -0.2) is 15.1 Å². The monoisotopic (exact) mass is 256 g/mol. The predicted molar refractivity (Wildman–Crippen MR) is 61.8 cm³/mol. The van der Waals surface area contributed by atoms with Crippen molar-refractivity contribution >= 4 is 15.9 Å². The first-order chi connectivity index (χ1) is 6.69. The van der Waals surface area contributed by atoms with Gasteiger partial charge in [0.15, 0.2) is 0 Å². The van der Waals surface area contributed by atoms with Gasteiger partial charge < -0.3 is 0 Å². The summed E-state index contributed by atoms with van der Waals surface area (Å²) in [6, 6.07) is 2.25. The molecule has 78 valence electrons. The molecule has 2 rings (SSSR count). The average Bonchev–Trinajstić information content (AvgIpc) is 2.87. The van der Waals surface area contributed by atoms with Crippen molar-refractivity contribution in [1.29, 1.82) is 0 Å². The summed E-state index contributed by atoms with van der Waals surface area (Å²) in [5.74, 6) is 0. The van der Waals surface area contributed by atoms with Crippen LogP contribution in [0.1, 0.15) is 31.2 Å². The lowest BCUT2D eigenvalue weighted by atomic mass is 10.0. The van der Waals surface area contributed by atoms with Crippen LogP contribution in [0.4, 0.5) is 0 Å². The molecule has 1 fully saturated rings. The van der Waals surface area contributed by atoms with Crippen molar-refractivity contribution < 1.29 is 0 Å². The van der Waals surface area contributed by atoms with Crippen LogP contribution < -0.4 is 0 Å². The van der Waals surface area contributed by atoms with Gasteiger partial charge >= 0.3 is 0 Å². The van der Waals surface area contributed by atoms with Crippen molar-refractivity contribution in [3.05, 3.63) is 17.5 Å². The number of aromatic nitrogens is 2. The summed E-state index contributed by atoms with van der Waals surface area (Å²) in [5, 5.41) is 5.61. The molecule has 1 saturated carbocycles. The van der Waals surface area contributed by atoms with Crippen molar-refractivity contribution in [2.24, 2.45) is 12.5 Å². The first-order valence-electron chi connectivity index (χ1n) is 5.27. The SMILES string of the molecule is CCc1cc(CC2(CBr)CC2)n(C)n1. The van der Waals surface area contributed by atoms with E-state index >= 15 is 0 Å². The molecule has 0 radical (unpaired) electrons. The van der Waals surface area contributed by atoms with Crippen LogP contribution in [0.5, 0.6) is 0 Å². The van der Waals surface area contributed by atoms with E-state index in [1.165, 1.54) is 30.7 Å². The Morgan fingerprint density at radius 1 is 1.57 bits per heavy atom. The Kier molecular flexibility index (Phi) is 2.69. The van der Waals surface area contributed by atoms with E-state index < -0.39 is 0 Å². The Bertz CT molecular complexity index is 326. The zero-order valence-electron chi connectivity index (χ0n) is 8.89. The maximum Gasteiger partial charge on any atom is 0.0624 e. The normalized spacial score (nSPS) is 18.5. The van der Waals surface area contributed by atoms with Crippen LogP contribution in [0.25, 0.3) is 0 Å². The summed E-state index contributed by atoms with van der Waals surface area (Å²) < 4.78 is 2.04. The lowest BCUT2D eigenvalue weighted by Gasteiger charge is -2.10. The Morgan fingerprint density at radius 3 is 2.71 bits per heavy atom. The Labute approximate surface area is 93.8 Å². The van der Waals surface area contributed by atoms with Crippen LogP contribution >= 0.6 is 15.9 Å². The summed E-state index contributed by atoms with van der Waals surface area (Å²) in [5.41, 5.74) is 3.16. The number of hydrogen-bond acceptors (Lipinski definition) is 1. The van der Waals surface area contributed by atoms with Crippen LogP contribution in [0.2, 0.25) is 0 Å². The smallest absolute Gasteiger partial charge is 0.0624 e. The molecule has 1 aromatic rings. The van der Waals surface area contributed by atoms with Crippen LogP contribution in [-0.2, 0) is 19.9 Å². The van der Waals surface area contributed by atoms with E-state index in [1.54, 1.807) is 0 Å². The van der Waals surface area contributed by atoms with Gasteiger partial charge in [-0.15, -0.1) is 0 Å². The molecule has 0 unspecified atom stereocenters. The molecule has 0 atom stereocenters. The minimum absolute atomic E-state index is 0.554. The summed E-state index contributed by atoms with van der Waals surface area (Å²) in [6.45, 7) is 2.16. The van der Waals surface area contributed by atoms with Gasteiger partial charge in [-0.2, -0.15) is 5.10 Å². The molecule has 1 aliphatic rings. The summed E-state index contributed by atoms with van der Waals surface area (Å²) in [7, 11) is 2.05. The minimum Gasteiger partial charge on any atom is -0.272 e. The lowest BCUT2D eigenvalue weighted by molar-refractivity contribution is 0.549. The molecule has 0 bridgehead atoms. The molecule has 1 aliphatic carbocycles. The highest BCUT2D eigenvalue weighted by Crippen LogP contribution is 2.49. The van der Waals surface area contributed by atoms with Crippen molar-refractivity contribution in [3.63, 3.8) is 0 Å². The van der Waals surface area contributed by atoms with E-state index in [0.717, 1.165) is 11.8 Å². The third-order valence-corrected chi connectivity index (χ3v) is 4.38. The van der Waals surface area contributed by atoms with E-state index in [1.807, 2.05) is 4.68 Å². The lowest BCUT2D eigenvalue weighted by Crippen LogP contribution is -2.10. The highest BCUT2D eigenvalue weighted by atomic mass is 79.9. The second kappa shape index (κ2) is 3.69. The molecule has 1 heterocycles. The molecule has 0 saturated heterocycles. The number of halogens is 1. The molecule has 0 aromatic carbocycles. The van der Waals surface area contributed by atoms with Crippen molar-refractivity contribution in [2.45, 2.75) is 32.6 Å². The maximum atomic E-state index is 4.48. The third kappa shape index (κ3) is 1.88. The predicted octanol–water partition coefficient (Wildman–Crippen LogP) is 2.70. The summed E-state index contributed by atoms with van der Waals surface area (Å²) in [6.07, 6.45) is 4.95. The largest absolute Gasteiger partial charge is 0.272 e. The third-order valence-electron chi connectivity index (χ3n) is 3.19. The molecular weight excluding hydrogens is 240 g/mol. The fourth-order valence-electron chi connectivity index (χ4n) is 1.83. The van der Waals surface area contributed by atoms with E-state index in [0.29, 0.717) is 5.41 Å². The van der Waals surface area contributed by atoms with Gasteiger partial charge in [0.2, 0.25) is 0 Å². The molecule has 0 spiro atoms. The molecular formula is C11H17BrN2. The van der Waals surface area contributed by atoms with Gasteiger partial charge in [-0.3, -0.25) is 4.68 Å². The Balaban J connectivity index is 2.12. The number of aryl methyl sites for hydroxylation is 2. The average molecular weight is 257 g/mol. The number of nitrogens with zero attached hydrogens (tertiary/aromatic N) is 2. The minimum atomic E-state index is 0.554. The van der Waals surface area contributed by atoms with Gasteiger partial charge in [-0.1, -0.05) is 22.9 Å². The fraction of sp³-hybridized carbons (Fsp3) is 0.727. The maximum absolute atomic E-state index is 4.48. The molecule has 0 amide bonds. The number of alkyl halides is 1. The molecule has 2 nitrogen and oxygen atoms in total. The van der Waals surface area contributed by atoms with E-state index in [4.69, 9.17) is 0 Å². The second-order valence-corrected chi connectivity index (χ2v) is 4.98. The summed E-state index contributed by atoms with van der Waals surface area (Å²) in [4.78, 5) is 0. The van der Waals surface area contributed by atoms with Gasteiger partial charge in [0, 0.05) is 18.1 Å². The highest BCUT2D eigenvalue weighted by molar-refractivity contribution is 9.09. The number of hydrogen-bond donors (Lipinski definition) is 0. The second-order valence-electron chi connectivity index (χ2n) is 4.41. The zero-order valence-corrected chi connectivity index (χ0v) is 10.5.